The van der Waals surface area contributed by atoms with E-state index in [2.05, 4.69) is 57.3 Å². The molecule has 0 aromatic carbocycles. The van der Waals surface area contributed by atoms with Crippen LogP contribution in [0.2, 0.25) is 10.0 Å². The molecule has 0 amide bonds. The fourth-order valence-electron chi connectivity index (χ4n) is 6.45. The van der Waals surface area contributed by atoms with Gasteiger partial charge in [0.2, 0.25) is 11.9 Å². The average Bonchev–Trinajstić information content (AvgIpc) is 3.87. The van der Waals surface area contributed by atoms with Gasteiger partial charge in [0.05, 0.1) is 11.4 Å². The molecular weight excluding hydrogens is 581 g/mol. The fourth-order valence-corrected chi connectivity index (χ4v) is 6.64. The van der Waals surface area contributed by atoms with Crippen LogP contribution in [0.1, 0.15) is 53.4 Å². The Balaban J connectivity index is 0.000000168. The molecule has 2 aliphatic heterocycles. The molecule has 0 radical (unpaired) electrons. The highest BCUT2D eigenvalue weighted by Crippen LogP contribution is 2.37. The van der Waals surface area contributed by atoms with Crippen molar-refractivity contribution < 1.29 is 8.78 Å². The molecule has 2 saturated heterocycles. The summed E-state index contributed by atoms with van der Waals surface area (Å²) in [6, 6.07) is 5.20. The average molecular weight is 626 g/mol. The van der Waals surface area contributed by atoms with Gasteiger partial charge in [0.1, 0.15) is 21.7 Å². The lowest BCUT2D eigenvalue weighted by Gasteiger charge is -2.43. The highest BCUT2D eigenvalue weighted by atomic mass is 35.5. The van der Waals surface area contributed by atoms with Gasteiger partial charge in [-0.05, 0) is 65.2 Å². The second-order valence-electron chi connectivity index (χ2n) is 12.6. The number of aromatic nitrogens is 2. The Morgan fingerprint density at radius 2 is 1.07 bits per heavy atom. The van der Waals surface area contributed by atoms with E-state index in [1.54, 1.807) is 12.1 Å². The molecule has 232 valence electrons. The van der Waals surface area contributed by atoms with Gasteiger partial charge in [-0.1, -0.05) is 23.2 Å². The van der Waals surface area contributed by atoms with Gasteiger partial charge in [0, 0.05) is 75.6 Å². The van der Waals surface area contributed by atoms with Crippen molar-refractivity contribution >= 4 is 46.2 Å². The van der Waals surface area contributed by atoms with Crippen molar-refractivity contribution in [3.63, 3.8) is 0 Å². The molecule has 42 heavy (non-hydrogen) atoms. The predicted octanol–water partition coefficient (Wildman–Crippen LogP) is 5.53. The number of piperazine rings is 2. The zero-order valence-corrected chi connectivity index (χ0v) is 26.6. The Kier molecular flexibility index (Phi) is 9.57. The molecule has 6 rings (SSSR count). The summed E-state index contributed by atoms with van der Waals surface area (Å²) in [5.74, 6) is 1.53. The van der Waals surface area contributed by atoms with Crippen molar-refractivity contribution in [2.45, 2.75) is 77.5 Å². The first-order chi connectivity index (χ1) is 19.9. The number of halogens is 4. The molecule has 4 atom stereocenters. The van der Waals surface area contributed by atoms with Crippen molar-refractivity contribution in [2.24, 2.45) is 11.8 Å². The first-order valence-electron chi connectivity index (χ1n) is 15.2. The summed E-state index contributed by atoms with van der Waals surface area (Å²) in [6.07, 6.45) is 5.43. The molecule has 4 N–H and O–H groups in total. The SMILES string of the molecule is C[C@@H](C1CC1)N1CCN(c2cc(N)c(Cl)c(F)n2)[C@@H](C)C1.C[C@H](C1CC1)N1CCN(c2cc(N)c(Cl)c(F)n2)[C@@H](C)C1. The number of pyridine rings is 2. The summed E-state index contributed by atoms with van der Waals surface area (Å²) in [5, 5.41) is -0.181. The molecule has 8 nitrogen and oxygen atoms in total. The maximum Gasteiger partial charge on any atom is 0.235 e. The predicted molar refractivity (Wildman–Crippen MR) is 168 cm³/mol. The smallest absolute Gasteiger partial charge is 0.235 e. The van der Waals surface area contributed by atoms with Crippen LogP contribution in [0.5, 0.6) is 0 Å². The number of nitrogen functional groups attached to an aromatic ring is 2. The molecule has 2 saturated carbocycles. The maximum absolute atomic E-state index is 13.7. The van der Waals surface area contributed by atoms with Gasteiger partial charge >= 0.3 is 0 Å². The third-order valence-electron chi connectivity index (χ3n) is 9.53. The summed E-state index contributed by atoms with van der Waals surface area (Å²) < 4.78 is 27.4. The minimum atomic E-state index is -0.687. The highest BCUT2D eigenvalue weighted by Gasteiger charge is 2.37. The monoisotopic (exact) mass is 624 g/mol. The number of anilines is 4. The van der Waals surface area contributed by atoms with Gasteiger partial charge in [-0.3, -0.25) is 9.80 Å². The zero-order valence-electron chi connectivity index (χ0n) is 25.0. The van der Waals surface area contributed by atoms with Crippen LogP contribution in [-0.2, 0) is 0 Å². The molecule has 0 bridgehead atoms. The second-order valence-corrected chi connectivity index (χ2v) is 13.3. The Morgan fingerprint density at radius 1 is 0.714 bits per heavy atom. The Bertz CT molecular complexity index is 1120. The first-order valence-corrected chi connectivity index (χ1v) is 15.9. The topological polar surface area (TPSA) is 90.8 Å². The van der Waals surface area contributed by atoms with Crippen molar-refractivity contribution in [3.05, 3.63) is 34.1 Å². The summed E-state index contributed by atoms with van der Waals surface area (Å²) in [5.41, 5.74) is 12.0. The van der Waals surface area contributed by atoms with Crippen molar-refractivity contribution in [3.8, 4) is 0 Å². The van der Waals surface area contributed by atoms with Crippen LogP contribution in [0.4, 0.5) is 31.8 Å². The van der Waals surface area contributed by atoms with E-state index >= 15 is 0 Å². The molecule has 4 heterocycles. The second kappa shape index (κ2) is 12.8. The van der Waals surface area contributed by atoms with Gasteiger partial charge in [-0.2, -0.15) is 8.78 Å². The van der Waals surface area contributed by atoms with Crippen molar-refractivity contribution in [2.75, 3.05) is 60.5 Å². The van der Waals surface area contributed by atoms with E-state index in [-0.39, 0.29) is 33.5 Å². The summed E-state index contributed by atoms with van der Waals surface area (Å²) in [7, 11) is 0. The molecular formula is C30H44Cl2F2N8. The Morgan fingerprint density at radius 3 is 1.36 bits per heavy atom. The quantitative estimate of drug-likeness (QED) is 0.405. The lowest BCUT2D eigenvalue weighted by molar-refractivity contribution is 0.158. The molecule has 0 spiro atoms. The molecule has 4 fully saturated rings. The lowest BCUT2D eigenvalue weighted by atomic mass is 10.1. The van der Waals surface area contributed by atoms with E-state index in [9.17, 15) is 8.78 Å². The van der Waals surface area contributed by atoms with E-state index in [1.165, 1.54) is 25.7 Å². The van der Waals surface area contributed by atoms with Gasteiger partial charge in [-0.15, -0.1) is 0 Å². The van der Waals surface area contributed by atoms with Gasteiger partial charge < -0.3 is 21.3 Å². The fraction of sp³-hybridized carbons (Fsp3) is 0.667. The van der Waals surface area contributed by atoms with Crippen molar-refractivity contribution in [1.82, 2.24) is 19.8 Å². The zero-order chi connectivity index (χ0) is 30.3. The van der Waals surface area contributed by atoms with Gasteiger partial charge in [0.25, 0.3) is 0 Å². The van der Waals surface area contributed by atoms with Gasteiger partial charge in [0.15, 0.2) is 0 Å². The number of hydrogen-bond donors (Lipinski definition) is 2. The largest absolute Gasteiger partial charge is 0.397 e. The van der Waals surface area contributed by atoms with E-state index in [0.717, 1.165) is 51.1 Å². The molecule has 12 heteroatoms. The first kappa shape index (κ1) is 31.3. The molecule has 4 aliphatic rings. The van der Waals surface area contributed by atoms with E-state index in [0.29, 0.717) is 23.7 Å². The molecule has 2 aromatic rings. The van der Waals surface area contributed by atoms with Crippen LogP contribution >= 0.6 is 23.2 Å². The lowest BCUT2D eigenvalue weighted by Crippen LogP contribution is -2.55. The number of hydrogen-bond acceptors (Lipinski definition) is 8. The van der Waals surface area contributed by atoms with Crippen LogP contribution in [0, 0.1) is 23.7 Å². The maximum atomic E-state index is 13.7. The van der Waals surface area contributed by atoms with Crippen molar-refractivity contribution in [1.29, 1.82) is 0 Å². The van der Waals surface area contributed by atoms with E-state index in [4.69, 9.17) is 34.7 Å². The standard InChI is InChI=1S/2C15H22ClFN4/c2*1-9-8-20(10(2)11-3-4-11)5-6-21(9)13-7-12(18)14(16)15(17)19-13/h2*7,9-11H,3-6,8H2,1-2H3,(H2,18,19)/t9-,10+;9-,10-/m00/s1. The highest BCUT2D eigenvalue weighted by molar-refractivity contribution is 6.33. The Hall–Kier alpha value is -2.14. The van der Waals surface area contributed by atoms with Gasteiger partial charge in [-0.25, -0.2) is 9.97 Å². The third kappa shape index (κ3) is 6.98. The number of nitrogens with zero attached hydrogens (tertiary/aromatic N) is 6. The summed E-state index contributed by atoms with van der Waals surface area (Å²) in [6.45, 7) is 14.5. The molecule has 2 aliphatic carbocycles. The van der Waals surface area contributed by atoms with Crippen LogP contribution in [0.3, 0.4) is 0 Å². The van der Waals surface area contributed by atoms with Crippen LogP contribution < -0.4 is 21.3 Å². The number of rotatable bonds is 6. The minimum absolute atomic E-state index is 0.0904. The summed E-state index contributed by atoms with van der Waals surface area (Å²) in [4.78, 5) is 17.2. The van der Waals surface area contributed by atoms with E-state index in [1.807, 2.05) is 0 Å². The minimum Gasteiger partial charge on any atom is -0.397 e. The molecule has 2 aromatic heterocycles. The van der Waals surface area contributed by atoms with Crippen LogP contribution in [-0.4, -0.2) is 83.2 Å². The third-order valence-corrected chi connectivity index (χ3v) is 10.3. The number of nitrogens with two attached hydrogens (primary N) is 2. The van der Waals surface area contributed by atoms with Crippen LogP contribution in [0.15, 0.2) is 12.1 Å². The normalized spacial score (nSPS) is 25.1. The Labute approximate surface area is 258 Å². The molecule has 0 unspecified atom stereocenters. The van der Waals surface area contributed by atoms with E-state index < -0.39 is 11.9 Å². The van der Waals surface area contributed by atoms with Crippen LogP contribution in [0.25, 0.3) is 0 Å². The summed E-state index contributed by atoms with van der Waals surface area (Å²) >= 11 is 11.5.